The molecule has 11 nitrogen and oxygen atoms in total. The molecule has 0 radical (unpaired) electrons. The van der Waals surface area contributed by atoms with Gasteiger partial charge in [-0.25, -0.2) is 9.97 Å². The summed E-state index contributed by atoms with van der Waals surface area (Å²) >= 11 is 0. The molecular weight excluding hydrogens is 374 g/mol. The van der Waals surface area contributed by atoms with Gasteiger partial charge in [-0.05, 0) is 20.8 Å². The van der Waals surface area contributed by atoms with Crippen LogP contribution < -0.4 is 11.5 Å². The number of aliphatic hydroxyl groups excluding tert-OH is 1. The van der Waals surface area contributed by atoms with Crippen LogP contribution in [0.4, 0.5) is 0 Å². The Labute approximate surface area is 167 Å². The number of aromatic nitrogens is 6. The molecule has 0 aliphatic carbocycles. The van der Waals surface area contributed by atoms with Gasteiger partial charge in [-0.2, -0.15) is 5.10 Å². The first-order chi connectivity index (χ1) is 13.8. The minimum atomic E-state index is -0.690. The summed E-state index contributed by atoms with van der Waals surface area (Å²) in [6.07, 6.45) is 3.21. The summed E-state index contributed by atoms with van der Waals surface area (Å²) in [5.74, 6) is -0.419. The predicted molar refractivity (Wildman–Crippen MR) is 110 cm³/mol. The van der Waals surface area contributed by atoms with Gasteiger partial charge in [-0.15, -0.1) is 0 Å². The van der Waals surface area contributed by atoms with Gasteiger partial charge in [0.1, 0.15) is 11.4 Å². The van der Waals surface area contributed by atoms with Gasteiger partial charge >= 0.3 is 0 Å². The van der Waals surface area contributed by atoms with Crippen LogP contribution in [0.1, 0.15) is 49.8 Å². The van der Waals surface area contributed by atoms with Gasteiger partial charge in [-0.1, -0.05) is 13.8 Å². The van der Waals surface area contributed by atoms with Crippen LogP contribution in [0.15, 0.2) is 28.8 Å². The second-order valence-electron chi connectivity index (χ2n) is 5.79. The van der Waals surface area contributed by atoms with Crippen molar-refractivity contribution in [1.29, 1.82) is 0 Å². The lowest BCUT2D eigenvalue weighted by atomic mass is 10.2. The Balaban J connectivity index is 0.00000145. The number of aliphatic imine (C=N–C) groups is 1. The normalized spacial score (nSPS) is 12.4. The maximum absolute atomic E-state index is 11.7. The molecular formula is C18H25N9O2. The van der Waals surface area contributed by atoms with Crippen molar-refractivity contribution < 1.29 is 9.90 Å². The van der Waals surface area contributed by atoms with E-state index in [0.29, 0.717) is 23.4 Å². The monoisotopic (exact) mass is 399 g/mol. The molecule has 0 aromatic carbocycles. The molecule has 154 valence electrons. The Morgan fingerprint density at radius 3 is 2.59 bits per heavy atom. The molecule has 6 N–H and O–H groups in total. The van der Waals surface area contributed by atoms with Crippen molar-refractivity contribution in [3.05, 3.63) is 41.2 Å². The van der Waals surface area contributed by atoms with Gasteiger partial charge < -0.3 is 16.6 Å². The number of imidazole rings is 1. The minimum Gasteiger partial charge on any atom is -0.504 e. The molecule has 11 heteroatoms. The third kappa shape index (κ3) is 4.23. The molecule has 0 fully saturated rings. The number of nitrogens with two attached hydrogens (primary N) is 2. The maximum Gasteiger partial charge on any atom is 0.285 e. The molecule has 3 heterocycles. The van der Waals surface area contributed by atoms with Crippen molar-refractivity contribution in [2.24, 2.45) is 16.5 Å². The Kier molecular flexibility index (Phi) is 6.65. The van der Waals surface area contributed by atoms with Crippen molar-refractivity contribution in [2.75, 3.05) is 6.54 Å². The summed E-state index contributed by atoms with van der Waals surface area (Å²) in [6, 6.07) is 0. The summed E-state index contributed by atoms with van der Waals surface area (Å²) in [6.45, 7) is 9.55. The van der Waals surface area contributed by atoms with Crippen LogP contribution in [0.2, 0.25) is 0 Å². The molecule has 0 unspecified atom stereocenters. The third-order valence-corrected chi connectivity index (χ3v) is 3.71. The third-order valence-electron chi connectivity index (χ3n) is 3.71. The van der Waals surface area contributed by atoms with Crippen molar-refractivity contribution in [3.8, 4) is 11.5 Å². The number of aryl methyl sites for hydroxylation is 1. The number of amides is 1. The highest BCUT2D eigenvalue weighted by atomic mass is 16.3. The Bertz CT molecular complexity index is 1090. The maximum atomic E-state index is 11.7. The number of carbonyl (C=O) groups is 1. The average Bonchev–Trinajstić information content (AvgIpc) is 3.31. The summed E-state index contributed by atoms with van der Waals surface area (Å²) in [7, 11) is 0. The van der Waals surface area contributed by atoms with Crippen LogP contribution in [-0.4, -0.2) is 52.8 Å². The number of fused-ring (bicyclic) bond motifs is 1. The summed E-state index contributed by atoms with van der Waals surface area (Å²) in [4.78, 5) is 28.8. The number of rotatable bonds is 5. The highest BCUT2D eigenvalue weighted by molar-refractivity contribution is 6.09. The van der Waals surface area contributed by atoms with Crippen molar-refractivity contribution in [2.45, 2.75) is 34.6 Å². The molecule has 0 atom stereocenters. The van der Waals surface area contributed by atoms with E-state index < -0.39 is 5.91 Å². The zero-order chi connectivity index (χ0) is 21.7. The summed E-state index contributed by atoms with van der Waals surface area (Å²) in [5.41, 5.74) is 13.0. The molecule has 3 aromatic heterocycles. The number of H-pyrrole nitrogens is 1. The SMILES string of the molecule is CC.CCN=C(/C(O)=C(/C)N)c1nc(-c2nc(C(N)=O)n3cc(C)ncc23)n[nH]1. The molecule has 0 bridgehead atoms. The highest BCUT2D eigenvalue weighted by Gasteiger charge is 2.22. The van der Waals surface area contributed by atoms with E-state index in [1.54, 1.807) is 30.6 Å². The first kappa shape index (κ1) is 21.5. The van der Waals surface area contributed by atoms with Crippen molar-refractivity contribution >= 4 is 17.1 Å². The number of aromatic amines is 1. The van der Waals surface area contributed by atoms with Gasteiger partial charge in [0.25, 0.3) is 5.91 Å². The number of hydrogen-bond donors (Lipinski definition) is 4. The number of aliphatic hydroxyl groups is 1. The number of allylic oxidation sites excluding steroid dienone is 2. The molecule has 0 saturated carbocycles. The van der Waals surface area contributed by atoms with E-state index in [-0.39, 0.29) is 34.6 Å². The van der Waals surface area contributed by atoms with Crippen LogP contribution in [0.5, 0.6) is 0 Å². The van der Waals surface area contributed by atoms with E-state index in [0.717, 1.165) is 0 Å². The van der Waals surface area contributed by atoms with E-state index in [1.807, 2.05) is 20.8 Å². The number of primary amides is 1. The Morgan fingerprint density at radius 2 is 2.00 bits per heavy atom. The van der Waals surface area contributed by atoms with Gasteiger partial charge in [0.15, 0.2) is 11.6 Å². The van der Waals surface area contributed by atoms with E-state index in [4.69, 9.17) is 11.5 Å². The van der Waals surface area contributed by atoms with E-state index in [2.05, 4.69) is 30.1 Å². The van der Waals surface area contributed by atoms with Crippen LogP contribution in [0, 0.1) is 6.92 Å². The van der Waals surface area contributed by atoms with E-state index in [1.165, 1.54) is 0 Å². The fourth-order valence-corrected chi connectivity index (χ4v) is 2.50. The Hall–Kier alpha value is -3.76. The fraction of sp³-hybridized carbons (Fsp3) is 0.333. The molecule has 3 rings (SSSR count). The molecule has 0 saturated heterocycles. The first-order valence-corrected chi connectivity index (χ1v) is 9.11. The number of hydrogen-bond acceptors (Lipinski definition) is 8. The molecule has 29 heavy (non-hydrogen) atoms. The molecule has 0 spiro atoms. The average molecular weight is 399 g/mol. The second kappa shape index (κ2) is 8.95. The number of nitrogens with zero attached hydrogens (tertiary/aromatic N) is 6. The minimum absolute atomic E-state index is 0.0415. The standard InChI is InChI=1S/C16H19N9O2.C2H6/c1-4-19-11(12(26)8(3)17)15-22-14(23-24-15)10-9-5-20-7(2)6-25(9)16(21-10)13(18)27;1-2/h5-6,26H,4,17H2,1-3H3,(H2,18,27)(H,22,23,24);1-2H3/b12-8+,19-11?;. The molecule has 3 aromatic rings. The highest BCUT2D eigenvalue weighted by Crippen LogP contribution is 2.22. The number of nitrogens with one attached hydrogen (secondary N) is 1. The van der Waals surface area contributed by atoms with Crippen molar-refractivity contribution in [3.63, 3.8) is 0 Å². The van der Waals surface area contributed by atoms with Gasteiger partial charge in [0.2, 0.25) is 11.6 Å². The van der Waals surface area contributed by atoms with E-state index in [9.17, 15) is 9.90 Å². The van der Waals surface area contributed by atoms with Crippen molar-refractivity contribution in [1.82, 2.24) is 29.5 Å². The molecule has 0 aliphatic rings. The van der Waals surface area contributed by atoms with Gasteiger partial charge in [0, 0.05) is 18.4 Å². The van der Waals surface area contributed by atoms with Crippen LogP contribution in [-0.2, 0) is 0 Å². The molecule has 1 amide bonds. The zero-order valence-corrected chi connectivity index (χ0v) is 17.1. The molecule has 0 aliphatic heterocycles. The second-order valence-corrected chi connectivity index (χ2v) is 5.79. The quantitative estimate of drug-likeness (QED) is 0.371. The van der Waals surface area contributed by atoms with Gasteiger partial charge in [0.05, 0.1) is 17.4 Å². The van der Waals surface area contributed by atoms with E-state index >= 15 is 0 Å². The Morgan fingerprint density at radius 1 is 1.31 bits per heavy atom. The zero-order valence-electron chi connectivity index (χ0n) is 17.1. The lowest BCUT2D eigenvalue weighted by Gasteiger charge is -2.03. The van der Waals surface area contributed by atoms with Crippen LogP contribution >= 0.6 is 0 Å². The smallest absolute Gasteiger partial charge is 0.285 e. The fourth-order valence-electron chi connectivity index (χ4n) is 2.50. The van der Waals surface area contributed by atoms with Crippen LogP contribution in [0.25, 0.3) is 17.0 Å². The first-order valence-electron chi connectivity index (χ1n) is 9.11. The summed E-state index contributed by atoms with van der Waals surface area (Å²) < 4.78 is 1.54. The summed E-state index contributed by atoms with van der Waals surface area (Å²) in [5, 5.41) is 17.0. The largest absolute Gasteiger partial charge is 0.504 e. The van der Waals surface area contributed by atoms with Crippen LogP contribution in [0.3, 0.4) is 0 Å². The predicted octanol–water partition coefficient (Wildman–Crippen LogP) is 1.51. The lowest BCUT2D eigenvalue weighted by Crippen LogP contribution is -2.15. The topological polar surface area (TPSA) is 173 Å². The van der Waals surface area contributed by atoms with Gasteiger partial charge in [-0.3, -0.25) is 24.3 Å². The lowest BCUT2D eigenvalue weighted by molar-refractivity contribution is 0.0990. The number of carbonyl (C=O) groups excluding carboxylic acids is 1.